The van der Waals surface area contributed by atoms with Crippen LogP contribution < -0.4 is 9.29 Å². The third-order valence-electron chi connectivity index (χ3n) is 4.68. The van der Waals surface area contributed by atoms with E-state index in [4.69, 9.17) is 0 Å². The van der Waals surface area contributed by atoms with E-state index in [0.29, 0.717) is 16.2 Å². The van der Waals surface area contributed by atoms with Crippen molar-refractivity contribution in [2.75, 3.05) is 11.1 Å². The average Bonchev–Trinajstić information content (AvgIpc) is 3.11. The van der Waals surface area contributed by atoms with Crippen LogP contribution in [0.3, 0.4) is 0 Å². The van der Waals surface area contributed by atoms with E-state index < -0.39 is 10.0 Å². The van der Waals surface area contributed by atoms with Crippen molar-refractivity contribution in [1.29, 1.82) is 0 Å². The van der Waals surface area contributed by atoms with Crippen molar-refractivity contribution in [2.45, 2.75) is 23.9 Å². The molecule has 0 saturated carbocycles. The van der Waals surface area contributed by atoms with Crippen LogP contribution in [0.4, 0.5) is 5.69 Å². The van der Waals surface area contributed by atoms with Crippen LogP contribution in [-0.4, -0.2) is 25.1 Å². The van der Waals surface area contributed by atoms with E-state index in [9.17, 15) is 13.2 Å². The van der Waals surface area contributed by atoms with Gasteiger partial charge in [0.05, 0.1) is 5.75 Å². The van der Waals surface area contributed by atoms with Crippen LogP contribution >= 0.6 is 11.8 Å². The van der Waals surface area contributed by atoms with Crippen molar-refractivity contribution in [3.63, 3.8) is 0 Å². The van der Waals surface area contributed by atoms with E-state index in [-0.39, 0.29) is 16.6 Å². The molecular weight excluding hydrogens is 430 g/mol. The summed E-state index contributed by atoms with van der Waals surface area (Å²) in [5.41, 5.74) is 4.06. The second-order valence-corrected chi connectivity index (χ2v) is 9.99. The van der Waals surface area contributed by atoms with E-state index in [2.05, 4.69) is 10.3 Å². The normalized spacial score (nSPS) is 11.5. The minimum atomic E-state index is -3.84. The van der Waals surface area contributed by atoms with Crippen molar-refractivity contribution in [3.05, 3.63) is 83.9 Å². The van der Waals surface area contributed by atoms with E-state index >= 15 is 0 Å². The number of anilines is 1. The SMILES string of the molecule is Cc1cc(C)cc(NC(=O)CSc2[nH]c3ccccc3[n+]2S(=O)(=O)c2ccccc2)c1. The monoisotopic (exact) mass is 452 g/mol. The number of benzene rings is 3. The lowest BCUT2D eigenvalue weighted by atomic mass is 10.1. The lowest BCUT2D eigenvalue weighted by Gasteiger charge is -2.07. The maximum atomic E-state index is 13.4. The molecule has 6 nitrogen and oxygen atoms in total. The fourth-order valence-corrected chi connectivity index (χ4v) is 6.03. The maximum absolute atomic E-state index is 13.4. The fourth-order valence-electron chi connectivity index (χ4n) is 3.44. The number of fused-ring (bicyclic) bond motifs is 1. The Morgan fingerprint density at radius 2 is 1.61 bits per heavy atom. The summed E-state index contributed by atoms with van der Waals surface area (Å²) in [5, 5.41) is 3.26. The van der Waals surface area contributed by atoms with Crippen molar-refractivity contribution >= 4 is 44.4 Å². The van der Waals surface area contributed by atoms with E-state index in [1.165, 1.54) is 3.97 Å². The topological polar surface area (TPSA) is 82.9 Å². The van der Waals surface area contributed by atoms with Gasteiger partial charge in [-0.25, -0.2) is 4.98 Å². The number of aryl methyl sites for hydroxylation is 2. The molecule has 1 heterocycles. The first-order chi connectivity index (χ1) is 14.8. The predicted molar refractivity (Wildman–Crippen MR) is 123 cm³/mol. The van der Waals surface area contributed by atoms with Gasteiger partial charge in [-0.15, -0.1) is 3.97 Å². The molecule has 0 radical (unpaired) electrons. The van der Waals surface area contributed by atoms with Crippen LogP contribution in [0.5, 0.6) is 0 Å². The van der Waals surface area contributed by atoms with E-state index in [1.807, 2.05) is 44.2 Å². The zero-order valence-electron chi connectivity index (χ0n) is 17.1. The molecule has 158 valence electrons. The molecule has 3 aromatic carbocycles. The molecule has 0 aliphatic heterocycles. The summed E-state index contributed by atoms with van der Waals surface area (Å²) in [7, 11) is -3.84. The van der Waals surface area contributed by atoms with Gasteiger partial charge in [0, 0.05) is 5.69 Å². The second-order valence-electron chi connectivity index (χ2n) is 7.24. The first-order valence-corrected chi connectivity index (χ1v) is 12.1. The van der Waals surface area contributed by atoms with Gasteiger partial charge >= 0.3 is 15.2 Å². The summed E-state index contributed by atoms with van der Waals surface area (Å²) in [5.74, 6) is -0.151. The quantitative estimate of drug-likeness (QED) is 0.342. The Bertz CT molecular complexity index is 1340. The van der Waals surface area contributed by atoms with Gasteiger partial charge in [-0.3, -0.25) is 4.79 Å². The number of hydrogen-bond donors (Lipinski definition) is 2. The number of carbonyl (C=O) groups is 1. The summed E-state index contributed by atoms with van der Waals surface area (Å²) in [6.45, 7) is 3.94. The summed E-state index contributed by atoms with van der Waals surface area (Å²) < 4.78 is 28.0. The number of nitrogens with one attached hydrogen (secondary N) is 2. The Kier molecular flexibility index (Phi) is 5.84. The molecule has 4 rings (SSSR count). The van der Waals surface area contributed by atoms with Crippen LogP contribution in [0.15, 0.2) is 82.8 Å². The standard InChI is InChI=1S/C23H21N3O3S2/c1-16-12-17(2)14-18(13-16)24-22(27)15-30-23-25-20-10-6-7-11-21(20)26(23)31(28,29)19-8-4-3-5-9-19/h3-14H,15H2,1-2H3,(H,24,27)/p+1. The van der Waals surface area contributed by atoms with Crippen molar-refractivity contribution < 1.29 is 17.2 Å². The molecule has 0 unspecified atom stereocenters. The highest BCUT2D eigenvalue weighted by Gasteiger charge is 2.31. The molecule has 0 bridgehead atoms. The Hall–Kier alpha value is -3.10. The van der Waals surface area contributed by atoms with Gasteiger partial charge in [-0.2, -0.15) is 8.42 Å². The van der Waals surface area contributed by atoms with Crippen LogP contribution in [0, 0.1) is 13.8 Å². The molecule has 8 heteroatoms. The first kappa shape index (κ1) is 21.1. The highest BCUT2D eigenvalue weighted by Crippen LogP contribution is 2.22. The summed E-state index contributed by atoms with van der Waals surface area (Å²) in [4.78, 5) is 15.9. The van der Waals surface area contributed by atoms with Gasteiger partial charge in [-0.1, -0.05) is 36.4 Å². The molecule has 0 aliphatic rings. The van der Waals surface area contributed by atoms with Gasteiger partial charge in [0.25, 0.3) is 0 Å². The molecule has 0 aliphatic carbocycles. The largest absolute Gasteiger partial charge is 0.336 e. The number of aromatic nitrogens is 2. The molecule has 1 amide bonds. The predicted octanol–water partition coefficient (Wildman–Crippen LogP) is 4.04. The van der Waals surface area contributed by atoms with Crippen LogP contribution in [0.2, 0.25) is 0 Å². The lowest BCUT2D eigenvalue weighted by molar-refractivity contribution is -0.526. The number of imidazole rings is 1. The van der Waals surface area contributed by atoms with E-state index in [0.717, 1.165) is 28.6 Å². The molecule has 4 aromatic rings. The fraction of sp³-hybridized carbons (Fsp3) is 0.130. The summed E-state index contributed by atoms with van der Waals surface area (Å²) >= 11 is 1.15. The zero-order valence-corrected chi connectivity index (χ0v) is 18.8. The Balaban J connectivity index is 1.64. The molecule has 0 fully saturated rings. The number of H-pyrrole nitrogens is 1. The van der Waals surface area contributed by atoms with E-state index in [1.54, 1.807) is 42.5 Å². The number of thioether (sulfide) groups is 1. The van der Waals surface area contributed by atoms with Crippen molar-refractivity contribution in [1.82, 2.24) is 4.98 Å². The van der Waals surface area contributed by atoms with Gasteiger partial charge in [0.1, 0.15) is 4.90 Å². The molecule has 1 aromatic heterocycles. The third kappa shape index (κ3) is 4.50. The Labute approximate surface area is 185 Å². The summed E-state index contributed by atoms with van der Waals surface area (Å²) in [6, 6.07) is 21.3. The van der Waals surface area contributed by atoms with Crippen LogP contribution in [0.1, 0.15) is 11.1 Å². The highest BCUT2D eigenvalue weighted by atomic mass is 32.2. The van der Waals surface area contributed by atoms with Crippen molar-refractivity contribution in [3.8, 4) is 0 Å². The van der Waals surface area contributed by atoms with Gasteiger partial charge in [0.2, 0.25) is 5.91 Å². The Morgan fingerprint density at radius 3 is 2.32 bits per heavy atom. The highest BCUT2D eigenvalue weighted by molar-refractivity contribution is 8.00. The maximum Gasteiger partial charge on any atom is 0.336 e. The first-order valence-electron chi connectivity index (χ1n) is 9.69. The number of para-hydroxylation sites is 2. The number of hydrogen-bond acceptors (Lipinski definition) is 4. The molecular formula is C23H22N3O3S2+. The molecule has 31 heavy (non-hydrogen) atoms. The second kappa shape index (κ2) is 8.56. The van der Waals surface area contributed by atoms with Crippen LogP contribution in [0.25, 0.3) is 11.0 Å². The van der Waals surface area contributed by atoms with Gasteiger partial charge in [-0.05, 0) is 73.1 Å². The number of aromatic amines is 1. The lowest BCUT2D eigenvalue weighted by Crippen LogP contribution is -2.44. The minimum absolute atomic E-state index is 0.0596. The number of carbonyl (C=O) groups excluding carboxylic acids is 1. The molecule has 0 spiro atoms. The smallest absolute Gasteiger partial charge is 0.325 e. The molecule has 0 saturated heterocycles. The van der Waals surface area contributed by atoms with Gasteiger partial charge in [0.15, 0.2) is 11.0 Å². The Morgan fingerprint density at radius 1 is 0.968 bits per heavy atom. The van der Waals surface area contributed by atoms with Crippen LogP contribution in [-0.2, 0) is 14.8 Å². The molecule has 2 N–H and O–H groups in total. The minimum Gasteiger partial charge on any atom is -0.325 e. The summed E-state index contributed by atoms with van der Waals surface area (Å²) in [6.07, 6.45) is 0. The third-order valence-corrected chi connectivity index (χ3v) is 7.48. The number of nitrogens with zero attached hydrogens (tertiary/aromatic N) is 1. The zero-order chi connectivity index (χ0) is 22.0. The van der Waals surface area contributed by atoms with Crippen molar-refractivity contribution in [2.24, 2.45) is 0 Å². The van der Waals surface area contributed by atoms with Gasteiger partial charge < -0.3 is 5.32 Å². The number of rotatable bonds is 6. The molecule has 0 atom stereocenters. The number of amides is 1. The average molecular weight is 453 g/mol.